The van der Waals surface area contributed by atoms with E-state index in [0.29, 0.717) is 6.54 Å². The molecule has 1 aromatic rings. The van der Waals surface area contributed by atoms with E-state index in [9.17, 15) is 5.11 Å². The van der Waals surface area contributed by atoms with Crippen molar-refractivity contribution in [3.63, 3.8) is 0 Å². The van der Waals surface area contributed by atoms with Crippen LogP contribution in [-0.2, 0) is 6.54 Å². The molecule has 3 heteroatoms. The summed E-state index contributed by atoms with van der Waals surface area (Å²) in [5, 5.41) is 11.7. The molecule has 1 aliphatic carbocycles. The van der Waals surface area contributed by atoms with Crippen molar-refractivity contribution in [2.24, 2.45) is 5.84 Å². The summed E-state index contributed by atoms with van der Waals surface area (Å²) in [6.07, 6.45) is 3.92. The molecule has 0 amide bonds. The second-order valence-electron chi connectivity index (χ2n) is 4.58. The van der Waals surface area contributed by atoms with Crippen LogP contribution in [0.5, 0.6) is 0 Å². The van der Waals surface area contributed by atoms with Crippen LogP contribution in [0.25, 0.3) is 0 Å². The van der Waals surface area contributed by atoms with Gasteiger partial charge in [0.25, 0.3) is 0 Å². The smallest absolute Gasteiger partial charge is 0.0709 e. The number of rotatable bonds is 3. The summed E-state index contributed by atoms with van der Waals surface area (Å²) in [5.41, 5.74) is 1.20. The van der Waals surface area contributed by atoms with E-state index >= 15 is 0 Å². The number of nitrogens with two attached hydrogens (primary N) is 1. The Morgan fingerprint density at radius 2 is 1.88 bits per heavy atom. The zero-order valence-corrected chi connectivity index (χ0v) is 9.55. The van der Waals surface area contributed by atoms with Crippen LogP contribution in [0.4, 0.5) is 0 Å². The molecule has 1 fully saturated rings. The third-order valence-corrected chi connectivity index (χ3v) is 3.33. The summed E-state index contributed by atoms with van der Waals surface area (Å²) in [6.45, 7) is 0.711. The Labute approximate surface area is 96.8 Å². The van der Waals surface area contributed by atoms with Crippen LogP contribution in [0.15, 0.2) is 30.3 Å². The molecule has 0 aromatic heterocycles. The fourth-order valence-electron chi connectivity index (χ4n) is 2.39. The van der Waals surface area contributed by atoms with Crippen LogP contribution in [-0.4, -0.2) is 22.3 Å². The minimum Gasteiger partial charge on any atom is -0.391 e. The molecule has 0 heterocycles. The highest BCUT2D eigenvalue weighted by Crippen LogP contribution is 2.22. The molecule has 0 aliphatic heterocycles. The fourth-order valence-corrected chi connectivity index (χ4v) is 2.39. The number of nitrogens with zero attached hydrogens (tertiary/aromatic N) is 1. The second kappa shape index (κ2) is 5.43. The monoisotopic (exact) mass is 220 g/mol. The molecule has 0 spiro atoms. The predicted molar refractivity (Wildman–Crippen MR) is 64.4 cm³/mol. The first-order valence-electron chi connectivity index (χ1n) is 6.00. The number of aliphatic hydroxyl groups is 1. The lowest BCUT2D eigenvalue weighted by atomic mass is 9.92. The maximum atomic E-state index is 9.90. The van der Waals surface area contributed by atoms with Crippen molar-refractivity contribution in [3.05, 3.63) is 35.9 Å². The average molecular weight is 220 g/mol. The molecule has 16 heavy (non-hydrogen) atoms. The van der Waals surface area contributed by atoms with Gasteiger partial charge in [-0.15, -0.1) is 0 Å². The van der Waals surface area contributed by atoms with Gasteiger partial charge in [0.1, 0.15) is 0 Å². The average Bonchev–Trinajstić information content (AvgIpc) is 2.31. The van der Waals surface area contributed by atoms with Crippen LogP contribution < -0.4 is 5.84 Å². The van der Waals surface area contributed by atoms with E-state index < -0.39 is 0 Å². The van der Waals surface area contributed by atoms with Gasteiger partial charge in [-0.25, -0.2) is 5.01 Å². The topological polar surface area (TPSA) is 49.5 Å². The molecule has 3 nitrogen and oxygen atoms in total. The van der Waals surface area contributed by atoms with Crippen LogP contribution in [0.1, 0.15) is 31.2 Å². The first-order valence-corrected chi connectivity index (χ1v) is 6.00. The molecule has 1 aliphatic rings. The highest BCUT2D eigenvalue weighted by molar-refractivity contribution is 5.14. The molecule has 0 saturated heterocycles. The number of aliphatic hydroxyl groups excluding tert-OH is 1. The van der Waals surface area contributed by atoms with Crippen molar-refractivity contribution in [1.82, 2.24) is 5.01 Å². The van der Waals surface area contributed by atoms with Crippen LogP contribution in [0.3, 0.4) is 0 Å². The zero-order chi connectivity index (χ0) is 11.4. The second-order valence-corrected chi connectivity index (χ2v) is 4.58. The summed E-state index contributed by atoms with van der Waals surface area (Å²) in [5.74, 6) is 6.04. The normalized spacial score (nSPS) is 25.9. The standard InChI is InChI=1S/C13H20N2O/c14-15(10-11-6-2-1-3-7-11)12-8-4-5-9-13(12)16/h1-3,6-7,12-13,16H,4-5,8-10,14H2/t12-,13-/m1/s1. The largest absolute Gasteiger partial charge is 0.391 e. The van der Waals surface area contributed by atoms with Crippen molar-refractivity contribution in [2.45, 2.75) is 44.4 Å². The lowest BCUT2D eigenvalue weighted by Crippen LogP contribution is -2.48. The van der Waals surface area contributed by atoms with Gasteiger partial charge in [-0.2, -0.15) is 0 Å². The Morgan fingerprint density at radius 3 is 2.56 bits per heavy atom. The third-order valence-electron chi connectivity index (χ3n) is 3.33. The number of hydrogen-bond acceptors (Lipinski definition) is 3. The van der Waals surface area contributed by atoms with E-state index in [4.69, 9.17) is 5.84 Å². The predicted octanol–water partition coefficient (Wildman–Crippen LogP) is 1.67. The first-order chi connectivity index (χ1) is 7.77. The van der Waals surface area contributed by atoms with Crippen molar-refractivity contribution in [1.29, 1.82) is 0 Å². The van der Waals surface area contributed by atoms with E-state index in [1.54, 1.807) is 5.01 Å². The van der Waals surface area contributed by atoms with Gasteiger partial charge >= 0.3 is 0 Å². The zero-order valence-electron chi connectivity index (χ0n) is 9.55. The number of hydrazine groups is 1. The van der Waals surface area contributed by atoms with Crippen LogP contribution >= 0.6 is 0 Å². The van der Waals surface area contributed by atoms with Gasteiger partial charge in [0.05, 0.1) is 12.1 Å². The van der Waals surface area contributed by atoms with Gasteiger partial charge in [-0.05, 0) is 18.4 Å². The summed E-state index contributed by atoms with van der Waals surface area (Å²) in [4.78, 5) is 0. The Kier molecular flexibility index (Phi) is 3.93. The van der Waals surface area contributed by atoms with Crippen LogP contribution in [0.2, 0.25) is 0 Å². The van der Waals surface area contributed by atoms with Crippen LogP contribution in [0, 0.1) is 0 Å². The van der Waals surface area contributed by atoms with Gasteiger partial charge in [-0.1, -0.05) is 43.2 Å². The summed E-state index contributed by atoms with van der Waals surface area (Å²) in [7, 11) is 0. The van der Waals surface area contributed by atoms with Crippen molar-refractivity contribution < 1.29 is 5.11 Å². The van der Waals surface area contributed by atoms with Crippen molar-refractivity contribution >= 4 is 0 Å². The minimum absolute atomic E-state index is 0.119. The fraction of sp³-hybridized carbons (Fsp3) is 0.538. The van der Waals surface area contributed by atoms with E-state index in [0.717, 1.165) is 19.3 Å². The van der Waals surface area contributed by atoms with Crippen molar-refractivity contribution in [3.8, 4) is 0 Å². The molecule has 2 atom stereocenters. The molecule has 1 aromatic carbocycles. The number of hydrogen-bond donors (Lipinski definition) is 2. The van der Waals surface area contributed by atoms with Gasteiger partial charge in [0, 0.05) is 6.54 Å². The molecule has 88 valence electrons. The molecule has 2 rings (SSSR count). The lowest BCUT2D eigenvalue weighted by Gasteiger charge is -2.34. The molecule has 0 unspecified atom stereocenters. The molecule has 3 N–H and O–H groups in total. The maximum Gasteiger partial charge on any atom is 0.0709 e. The first kappa shape index (κ1) is 11.6. The minimum atomic E-state index is -0.262. The Hall–Kier alpha value is -0.900. The highest BCUT2D eigenvalue weighted by Gasteiger charge is 2.26. The van der Waals surface area contributed by atoms with E-state index in [2.05, 4.69) is 12.1 Å². The number of benzene rings is 1. The molecule has 0 bridgehead atoms. The van der Waals surface area contributed by atoms with Gasteiger partial charge in [-0.3, -0.25) is 5.84 Å². The lowest BCUT2D eigenvalue weighted by molar-refractivity contribution is 0.0152. The van der Waals surface area contributed by atoms with Gasteiger partial charge < -0.3 is 5.11 Å². The Morgan fingerprint density at radius 1 is 1.19 bits per heavy atom. The summed E-state index contributed by atoms with van der Waals surface area (Å²) in [6, 6.07) is 10.3. The third kappa shape index (κ3) is 2.82. The molecule has 1 saturated carbocycles. The SMILES string of the molecule is NN(Cc1ccccc1)[C@@H]1CCCC[C@H]1O. The molecular formula is C13H20N2O. The summed E-state index contributed by atoms with van der Waals surface area (Å²) < 4.78 is 0. The van der Waals surface area contributed by atoms with E-state index in [-0.39, 0.29) is 12.1 Å². The van der Waals surface area contributed by atoms with E-state index in [1.165, 1.54) is 12.0 Å². The van der Waals surface area contributed by atoms with E-state index in [1.807, 2.05) is 18.2 Å². The quantitative estimate of drug-likeness (QED) is 0.601. The van der Waals surface area contributed by atoms with Crippen molar-refractivity contribution in [2.75, 3.05) is 0 Å². The summed E-state index contributed by atoms with van der Waals surface area (Å²) >= 11 is 0. The van der Waals surface area contributed by atoms with Gasteiger partial charge in [0.15, 0.2) is 0 Å². The highest BCUT2D eigenvalue weighted by atomic mass is 16.3. The molecule has 0 radical (unpaired) electrons. The Bertz CT molecular complexity index is 315. The molecular weight excluding hydrogens is 200 g/mol. The van der Waals surface area contributed by atoms with Gasteiger partial charge in [0.2, 0.25) is 0 Å². The Balaban J connectivity index is 1.94. The maximum absolute atomic E-state index is 9.90.